The Kier molecular flexibility index (Phi) is 9.02. The minimum absolute atomic E-state index is 0.284. The Hall–Kier alpha value is -0.613. The molecule has 0 aromatic carbocycles. The highest BCUT2D eigenvalue weighted by molar-refractivity contribution is 6.78. The Morgan fingerprint density at radius 1 is 1.26 bits per heavy atom. The molecule has 19 heavy (non-hydrogen) atoms. The number of carbonyl (C=O) groups excluding carboxylic acids is 1. The average Bonchev–Trinajstić information content (AvgIpc) is 2.34. The predicted molar refractivity (Wildman–Crippen MR) is 83.0 cm³/mol. The smallest absolute Gasteiger partial charge is 0.333 e. The number of hydrogen-bond donors (Lipinski definition) is 0. The van der Waals surface area contributed by atoms with Crippen LogP contribution in [-0.2, 0) is 14.3 Å². The fraction of sp³-hybridized carbons (Fsp3) is 0.800. The summed E-state index contributed by atoms with van der Waals surface area (Å²) in [7, 11) is -1.41. The van der Waals surface area contributed by atoms with Crippen LogP contribution in [0.25, 0.3) is 0 Å². The Labute approximate surface area is 119 Å². The van der Waals surface area contributed by atoms with Crippen molar-refractivity contribution in [1.82, 2.24) is 0 Å². The Morgan fingerprint density at radius 2 is 1.89 bits per heavy atom. The van der Waals surface area contributed by atoms with Crippen molar-refractivity contribution in [3.63, 3.8) is 0 Å². The molecule has 0 saturated heterocycles. The van der Waals surface area contributed by atoms with Gasteiger partial charge in [0, 0.05) is 17.9 Å². The van der Waals surface area contributed by atoms with E-state index in [1.807, 2.05) is 0 Å². The van der Waals surface area contributed by atoms with Crippen molar-refractivity contribution in [2.75, 3.05) is 13.2 Å². The van der Waals surface area contributed by atoms with Gasteiger partial charge in [-0.05, 0) is 26.2 Å². The maximum absolute atomic E-state index is 11.3. The molecule has 0 fully saturated rings. The van der Waals surface area contributed by atoms with Crippen molar-refractivity contribution in [3.8, 4) is 0 Å². The predicted octanol–water partition coefficient (Wildman–Crippen LogP) is 3.95. The highest BCUT2D eigenvalue weighted by Crippen LogP contribution is 2.22. The minimum Gasteiger partial charge on any atom is -0.462 e. The first-order valence-corrected chi connectivity index (χ1v) is 10.6. The van der Waals surface area contributed by atoms with Gasteiger partial charge in [-0.25, -0.2) is 4.79 Å². The zero-order valence-corrected chi connectivity index (χ0v) is 14.3. The summed E-state index contributed by atoms with van der Waals surface area (Å²) in [6, 6.07) is 1.12. The maximum Gasteiger partial charge on any atom is 0.333 e. The molecule has 0 bridgehead atoms. The Balaban J connectivity index is 4.06. The minimum atomic E-state index is -1.41. The van der Waals surface area contributed by atoms with Gasteiger partial charge in [0.25, 0.3) is 0 Å². The number of ether oxygens (including phenoxy) is 2. The van der Waals surface area contributed by atoms with Gasteiger partial charge in [-0.1, -0.05) is 39.6 Å². The molecule has 0 aromatic heterocycles. The van der Waals surface area contributed by atoms with Crippen LogP contribution in [0.2, 0.25) is 19.1 Å². The molecular weight excluding hydrogens is 256 g/mol. The van der Waals surface area contributed by atoms with E-state index in [0.717, 1.165) is 31.9 Å². The molecule has 4 heteroatoms. The molecule has 0 aromatic rings. The summed E-state index contributed by atoms with van der Waals surface area (Å²) in [5.74, 6) is -0.284. The van der Waals surface area contributed by atoms with E-state index >= 15 is 0 Å². The highest BCUT2D eigenvalue weighted by Gasteiger charge is 2.30. The Bertz CT molecular complexity index is 287. The molecule has 0 N–H and O–H groups in total. The zero-order valence-electron chi connectivity index (χ0n) is 13.3. The number of hydrogen-bond acceptors (Lipinski definition) is 3. The van der Waals surface area contributed by atoms with Gasteiger partial charge in [-0.15, -0.1) is 0 Å². The fourth-order valence-corrected chi connectivity index (χ4v) is 5.18. The largest absolute Gasteiger partial charge is 0.462 e. The maximum atomic E-state index is 11.3. The van der Waals surface area contributed by atoms with E-state index in [1.54, 1.807) is 6.92 Å². The first kappa shape index (κ1) is 18.4. The van der Waals surface area contributed by atoms with Crippen molar-refractivity contribution in [3.05, 3.63) is 12.2 Å². The van der Waals surface area contributed by atoms with Gasteiger partial charge in [-0.3, -0.25) is 0 Å². The second kappa shape index (κ2) is 9.32. The molecule has 0 radical (unpaired) electrons. The highest BCUT2D eigenvalue weighted by atomic mass is 28.3. The van der Waals surface area contributed by atoms with E-state index in [0.29, 0.717) is 17.9 Å². The van der Waals surface area contributed by atoms with E-state index in [4.69, 9.17) is 9.47 Å². The quantitative estimate of drug-likeness (QED) is 0.264. The van der Waals surface area contributed by atoms with Gasteiger partial charge in [0.2, 0.25) is 0 Å². The van der Waals surface area contributed by atoms with Crippen LogP contribution in [0.5, 0.6) is 0 Å². The summed E-state index contributed by atoms with van der Waals surface area (Å²) >= 11 is 0. The molecule has 0 amide bonds. The van der Waals surface area contributed by atoms with Crippen LogP contribution in [0.1, 0.15) is 40.0 Å². The van der Waals surface area contributed by atoms with E-state index in [2.05, 4.69) is 33.5 Å². The SMILES string of the molecule is C=C(C)C(=O)OCCC[Si](C)(C)C(CC)OCCC. The third-order valence-electron chi connectivity index (χ3n) is 3.31. The van der Waals surface area contributed by atoms with Gasteiger partial charge in [0.1, 0.15) is 0 Å². The van der Waals surface area contributed by atoms with E-state index in [9.17, 15) is 4.79 Å². The van der Waals surface area contributed by atoms with E-state index in [1.165, 1.54) is 0 Å². The summed E-state index contributed by atoms with van der Waals surface area (Å²) in [6.07, 6.45) is 3.06. The monoisotopic (exact) mass is 286 g/mol. The fourth-order valence-electron chi connectivity index (χ4n) is 2.13. The first-order valence-electron chi connectivity index (χ1n) is 7.29. The van der Waals surface area contributed by atoms with Crippen LogP contribution in [0.15, 0.2) is 12.2 Å². The summed E-state index contributed by atoms with van der Waals surface area (Å²) in [5.41, 5.74) is 0.874. The van der Waals surface area contributed by atoms with Crippen molar-refractivity contribution < 1.29 is 14.3 Å². The van der Waals surface area contributed by atoms with Crippen LogP contribution >= 0.6 is 0 Å². The lowest BCUT2D eigenvalue weighted by Gasteiger charge is -2.31. The third-order valence-corrected chi connectivity index (χ3v) is 7.27. The topological polar surface area (TPSA) is 35.5 Å². The molecule has 1 atom stereocenters. The lowest BCUT2D eigenvalue weighted by molar-refractivity contribution is -0.138. The first-order chi connectivity index (χ1) is 8.85. The molecule has 0 spiro atoms. The van der Waals surface area contributed by atoms with Gasteiger partial charge in [0.05, 0.1) is 14.7 Å². The van der Waals surface area contributed by atoms with Crippen molar-refractivity contribution in [1.29, 1.82) is 0 Å². The summed E-state index contributed by atoms with van der Waals surface area (Å²) in [6.45, 7) is 15.6. The summed E-state index contributed by atoms with van der Waals surface area (Å²) in [5, 5.41) is 0. The number of esters is 1. The molecule has 0 aliphatic heterocycles. The summed E-state index contributed by atoms with van der Waals surface area (Å²) in [4.78, 5) is 11.3. The lowest BCUT2D eigenvalue weighted by atomic mass is 10.4. The van der Waals surface area contributed by atoms with Gasteiger partial charge < -0.3 is 9.47 Å². The second-order valence-electron chi connectivity index (χ2n) is 5.78. The van der Waals surface area contributed by atoms with Crippen LogP contribution in [0.4, 0.5) is 0 Å². The van der Waals surface area contributed by atoms with Gasteiger partial charge >= 0.3 is 5.97 Å². The molecule has 0 saturated carbocycles. The van der Waals surface area contributed by atoms with Crippen LogP contribution in [-0.4, -0.2) is 33.0 Å². The molecule has 0 aliphatic carbocycles. The average molecular weight is 286 g/mol. The molecule has 3 nitrogen and oxygen atoms in total. The van der Waals surface area contributed by atoms with E-state index in [-0.39, 0.29) is 5.97 Å². The van der Waals surface area contributed by atoms with Crippen LogP contribution < -0.4 is 0 Å². The summed E-state index contributed by atoms with van der Waals surface area (Å²) < 4.78 is 11.1. The second-order valence-corrected chi connectivity index (χ2v) is 10.9. The molecule has 112 valence electrons. The van der Waals surface area contributed by atoms with Crippen LogP contribution in [0, 0.1) is 0 Å². The van der Waals surface area contributed by atoms with Gasteiger partial charge in [0.15, 0.2) is 0 Å². The van der Waals surface area contributed by atoms with Crippen molar-refractivity contribution in [2.45, 2.75) is 64.9 Å². The third kappa shape index (κ3) is 7.53. The Morgan fingerprint density at radius 3 is 2.37 bits per heavy atom. The molecule has 1 unspecified atom stereocenters. The molecular formula is C15H30O3Si. The number of rotatable bonds is 10. The van der Waals surface area contributed by atoms with E-state index < -0.39 is 8.07 Å². The van der Waals surface area contributed by atoms with Crippen molar-refractivity contribution >= 4 is 14.0 Å². The van der Waals surface area contributed by atoms with Crippen LogP contribution in [0.3, 0.4) is 0 Å². The number of carbonyl (C=O) groups is 1. The lowest BCUT2D eigenvalue weighted by Crippen LogP contribution is -2.43. The molecule has 0 rings (SSSR count). The molecule has 0 heterocycles. The standard InChI is InChI=1S/C15H30O3Si/c1-7-10-17-14(8-2)19(5,6)12-9-11-18-15(16)13(3)4/h14H,3,7-12H2,1-2,4-6H3. The molecule has 0 aliphatic rings. The normalized spacial score (nSPS) is 13.1. The zero-order chi connectivity index (χ0) is 14.9. The van der Waals surface area contributed by atoms with Crippen molar-refractivity contribution in [2.24, 2.45) is 0 Å². The van der Waals surface area contributed by atoms with Gasteiger partial charge in [-0.2, -0.15) is 0 Å².